The number of benzene rings is 1. The summed E-state index contributed by atoms with van der Waals surface area (Å²) in [7, 11) is 0. The summed E-state index contributed by atoms with van der Waals surface area (Å²) < 4.78 is 0. The molecule has 1 heterocycles. The molecule has 0 bridgehead atoms. The van der Waals surface area contributed by atoms with Crippen molar-refractivity contribution in [1.29, 1.82) is 0 Å². The van der Waals surface area contributed by atoms with Crippen LogP contribution in [0.5, 0.6) is 0 Å². The summed E-state index contributed by atoms with van der Waals surface area (Å²) in [6, 6.07) is 8.29. The molecule has 2 N–H and O–H groups in total. The van der Waals surface area contributed by atoms with Gasteiger partial charge < -0.3 is 10.6 Å². The quantitative estimate of drug-likeness (QED) is 0.888. The lowest BCUT2D eigenvalue weighted by Crippen LogP contribution is -2.40. The van der Waals surface area contributed by atoms with E-state index in [9.17, 15) is 4.79 Å². The molecule has 3 nitrogen and oxygen atoms in total. The second kappa shape index (κ2) is 6.40. The van der Waals surface area contributed by atoms with Gasteiger partial charge in [0.15, 0.2) is 0 Å². The lowest BCUT2D eigenvalue weighted by Gasteiger charge is -2.27. The van der Waals surface area contributed by atoms with Crippen LogP contribution in [0.25, 0.3) is 0 Å². The van der Waals surface area contributed by atoms with E-state index in [0.717, 1.165) is 19.6 Å². The number of carbonyl (C=O) groups excluding carboxylic acids is 1. The Morgan fingerprint density at radius 2 is 2.00 bits per heavy atom. The predicted octanol–water partition coefficient (Wildman–Crippen LogP) is 2.57. The highest BCUT2D eigenvalue weighted by molar-refractivity contribution is 5.84. The van der Waals surface area contributed by atoms with E-state index in [2.05, 4.69) is 22.8 Å². The van der Waals surface area contributed by atoms with E-state index in [0.29, 0.717) is 5.92 Å². The van der Waals surface area contributed by atoms with Crippen LogP contribution in [-0.2, 0) is 11.3 Å². The molecule has 1 amide bonds. The summed E-state index contributed by atoms with van der Waals surface area (Å²) in [5.74, 6) is 0.859. The van der Waals surface area contributed by atoms with Crippen molar-refractivity contribution in [2.45, 2.75) is 44.6 Å². The molecule has 108 valence electrons. The molecule has 1 aliphatic heterocycles. The van der Waals surface area contributed by atoms with Crippen LogP contribution < -0.4 is 10.6 Å². The summed E-state index contributed by atoms with van der Waals surface area (Å²) in [6.45, 7) is 2.49. The molecule has 3 heteroatoms. The largest absolute Gasteiger partial charge is 0.355 e. The highest BCUT2D eigenvalue weighted by Gasteiger charge is 2.26. The van der Waals surface area contributed by atoms with Crippen LogP contribution in [-0.4, -0.2) is 19.0 Å². The van der Waals surface area contributed by atoms with Gasteiger partial charge in [0.2, 0.25) is 5.91 Å². The zero-order chi connectivity index (χ0) is 13.8. The van der Waals surface area contributed by atoms with E-state index >= 15 is 0 Å². The van der Waals surface area contributed by atoms with E-state index in [4.69, 9.17) is 0 Å². The first-order chi connectivity index (χ1) is 9.84. The van der Waals surface area contributed by atoms with Crippen molar-refractivity contribution in [2.24, 2.45) is 5.92 Å². The van der Waals surface area contributed by atoms with Crippen LogP contribution >= 0.6 is 0 Å². The number of amides is 1. The van der Waals surface area contributed by atoms with Crippen molar-refractivity contribution in [2.75, 3.05) is 13.1 Å². The second-order valence-corrected chi connectivity index (χ2v) is 6.13. The predicted molar refractivity (Wildman–Crippen MR) is 80.5 cm³/mol. The van der Waals surface area contributed by atoms with E-state index in [-0.39, 0.29) is 11.8 Å². The van der Waals surface area contributed by atoms with Gasteiger partial charge in [-0.3, -0.25) is 4.79 Å². The van der Waals surface area contributed by atoms with Gasteiger partial charge in [-0.15, -0.1) is 0 Å². The van der Waals surface area contributed by atoms with Gasteiger partial charge in [-0.05, 0) is 29.9 Å². The standard InChI is InChI=1S/C17H24N2O/c20-17(19-10-13-6-2-1-3-7-13)16-12-18-11-14-8-4-5-9-15(14)16/h4-5,8-9,13,16,18H,1-3,6-7,10-12H2,(H,19,20). The van der Waals surface area contributed by atoms with Gasteiger partial charge in [0.1, 0.15) is 0 Å². The van der Waals surface area contributed by atoms with Gasteiger partial charge in [-0.25, -0.2) is 0 Å². The summed E-state index contributed by atoms with van der Waals surface area (Å²) >= 11 is 0. The van der Waals surface area contributed by atoms with Crippen LogP contribution in [0.15, 0.2) is 24.3 Å². The molecule has 1 aromatic carbocycles. The molecule has 1 fully saturated rings. The minimum absolute atomic E-state index is 0.0245. The molecular formula is C17H24N2O. The maximum Gasteiger partial charge on any atom is 0.228 e. The van der Waals surface area contributed by atoms with E-state index in [1.165, 1.54) is 43.2 Å². The molecule has 0 aromatic heterocycles. The Morgan fingerprint density at radius 1 is 1.20 bits per heavy atom. The van der Waals surface area contributed by atoms with Crippen LogP contribution in [0.3, 0.4) is 0 Å². The smallest absolute Gasteiger partial charge is 0.228 e. The monoisotopic (exact) mass is 272 g/mol. The van der Waals surface area contributed by atoms with Crippen LogP contribution in [0, 0.1) is 5.92 Å². The van der Waals surface area contributed by atoms with Gasteiger partial charge in [-0.2, -0.15) is 0 Å². The van der Waals surface area contributed by atoms with Crippen molar-refractivity contribution in [1.82, 2.24) is 10.6 Å². The third-order valence-electron chi connectivity index (χ3n) is 4.70. The molecule has 2 aliphatic rings. The highest BCUT2D eigenvalue weighted by Crippen LogP contribution is 2.25. The van der Waals surface area contributed by atoms with E-state index in [1.807, 2.05) is 12.1 Å². The topological polar surface area (TPSA) is 41.1 Å². The fraction of sp³-hybridized carbons (Fsp3) is 0.588. The Balaban J connectivity index is 1.60. The summed E-state index contributed by atoms with van der Waals surface area (Å²) in [4.78, 5) is 12.5. The summed E-state index contributed by atoms with van der Waals surface area (Å²) in [5.41, 5.74) is 2.46. The van der Waals surface area contributed by atoms with Crippen LogP contribution in [0.1, 0.15) is 49.1 Å². The number of hydrogen-bond acceptors (Lipinski definition) is 2. The van der Waals surface area contributed by atoms with Crippen LogP contribution in [0.2, 0.25) is 0 Å². The minimum atomic E-state index is -0.0245. The third kappa shape index (κ3) is 3.04. The average Bonchev–Trinajstić information content (AvgIpc) is 2.53. The molecule has 0 saturated heterocycles. The maximum absolute atomic E-state index is 12.5. The van der Waals surface area contributed by atoms with Gasteiger partial charge in [-0.1, -0.05) is 43.5 Å². The molecule has 20 heavy (non-hydrogen) atoms. The first kappa shape index (κ1) is 13.6. The molecular weight excluding hydrogens is 248 g/mol. The Labute approximate surface area is 121 Å². The summed E-state index contributed by atoms with van der Waals surface area (Å²) in [5, 5.41) is 6.53. The lowest BCUT2D eigenvalue weighted by atomic mass is 9.88. The molecule has 0 radical (unpaired) electrons. The average molecular weight is 272 g/mol. The normalized spacial score (nSPS) is 23.1. The van der Waals surface area contributed by atoms with E-state index < -0.39 is 0 Å². The Kier molecular flexibility index (Phi) is 4.36. The first-order valence-electron chi connectivity index (χ1n) is 7.91. The van der Waals surface area contributed by atoms with Crippen molar-refractivity contribution >= 4 is 5.91 Å². The second-order valence-electron chi connectivity index (χ2n) is 6.13. The number of carbonyl (C=O) groups is 1. The number of rotatable bonds is 3. The summed E-state index contributed by atoms with van der Waals surface area (Å²) in [6.07, 6.45) is 6.58. The molecule has 1 atom stereocenters. The number of fused-ring (bicyclic) bond motifs is 1. The molecule has 3 rings (SSSR count). The van der Waals surface area contributed by atoms with Gasteiger partial charge >= 0.3 is 0 Å². The molecule has 1 aromatic rings. The van der Waals surface area contributed by atoms with Crippen molar-refractivity contribution in [3.8, 4) is 0 Å². The lowest BCUT2D eigenvalue weighted by molar-refractivity contribution is -0.122. The highest BCUT2D eigenvalue weighted by atomic mass is 16.1. The molecule has 1 aliphatic carbocycles. The molecule has 0 spiro atoms. The zero-order valence-electron chi connectivity index (χ0n) is 12.0. The number of hydrogen-bond donors (Lipinski definition) is 2. The SMILES string of the molecule is O=C(NCC1CCCCC1)C1CNCc2ccccc21. The molecule has 1 saturated carbocycles. The van der Waals surface area contributed by atoms with Gasteiger partial charge in [0.25, 0.3) is 0 Å². The Bertz CT molecular complexity index is 466. The van der Waals surface area contributed by atoms with Gasteiger partial charge in [0.05, 0.1) is 5.92 Å². The van der Waals surface area contributed by atoms with Crippen molar-refractivity contribution < 1.29 is 4.79 Å². The first-order valence-corrected chi connectivity index (χ1v) is 7.91. The van der Waals surface area contributed by atoms with Crippen molar-refractivity contribution in [3.63, 3.8) is 0 Å². The third-order valence-corrected chi connectivity index (χ3v) is 4.70. The Morgan fingerprint density at radius 3 is 2.85 bits per heavy atom. The molecule has 1 unspecified atom stereocenters. The Hall–Kier alpha value is -1.35. The fourth-order valence-electron chi connectivity index (χ4n) is 3.49. The zero-order valence-corrected chi connectivity index (χ0v) is 12.0. The van der Waals surface area contributed by atoms with Crippen molar-refractivity contribution in [3.05, 3.63) is 35.4 Å². The minimum Gasteiger partial charge on any atom is -0.355 e. The van der Waals surface area contributed by atoms with E-state index in [1.54, 1.807) is 0 Å². The van der Waals surface area contributed by atoms with Gasteiger partial charge in [0, 0.05) is 19.6 Å². The van der Waals surface area contributed by atoms with Crippen LogP contribution in [0.4, 0.5) is 0 Å². The maximum atomic E-state index is 12.5. The fourth-order valence-corrected chi connectivity index (χ4v) is 3.49. The number of nitrogens with one attached hydrogen (secondary N) is 2.